The number of benzene rings is 1. The van der Waals surface area contributed by atoms with Gasteiger partial charge in [0.25, 0.3) is 0 Å². The fraction of sp³-hybridized carbons (Fsp3) is 0.333. The molecule has 1 aromatic rings. The summed E-state index contributed by atoms with van der Waals surface area (Å²) in [7, 11) is 0. The first-order valence-corrected chi connectivity index (χ1v) is 5.45. The first-order valence-electron chi connectivity index (χ1n) is 5.07. The zero-order chi connectivity index (χ0) is 12.0. The van der Waals surface area contributed by atoms with Gasteiger partial charge in [-0.2, -0.15) is 0 Å². The summed E-state index contributed by atoms with van der Waals surface area (Å²) in [4.78, 5) is 21.5. The maximum Gasteiger partial charge on any atom is 0.315 e. The average molecular weight is 241 g/mol. The molecule has 1 N–H and O–H groups in total. The van der Waals surface area contributed by atoms with Crippen LogP contribution in [0.2, 0.25) is 0 Å². The van der Waals surface area contributed by atoms with Gasteiger partial charge in [0, 0.05) is 0 Å². The lowest BCUT2D eigenvalue weighted by Crippen LogP contribution is -2.19. The van der Waals surface area contributed by atoms with Gasteiger partial charge in [-0.3, -0.25) is 9.59 Å². The number of rotatable bonds is 6. The van der Waals surface area contributed by atoms with Crippen LogP contribution >= 0.6 is 11.6 Å². The van der Waals surface area contributed by atoms with Crippen molar-refractivity contribution in [3.8, 4) is 0 Å². The van der Waals surface area contributed by atoms with E-state index in [1.165, 1.54) is 0 Å². The second-order valence-electron chi connectivity index (χ2n) is 3.57. The molecule has 16 heavy (non-hydrogen) atoms. The van der Waals surface area contributed by atoms with Crippen molar-refractivity contribution >= 4 is 22.8 Å². The third kappa shape index (κ3) is 4.03. The Hall–Kier alpha value is -1.35. The number of aryl methyl sites for hydroxylation is 1. The lowest BCUT2D eigenvalue weighted by atomic mass is 10.0. The molecule has 0 fully saturated rings. The molecule has 0 amide bonds. The number of carbonyl (C=O) groups is 2. The summed E-state index contributed by atoms with van der Waals surface area (Å²) >= 11 is 5.20. The fourth-order valence-corrected chi connectivity index (χ4v) is 1.69. The molecule has 0 saturated carbocycles. The zero-order valence-electron chi connectivity index (χ0n) is 8.73. The highest BCUT2D eigenvalue weighted by molar-refractivity contribution is 6.65. The molecule has 0 radical (unpaired) electrons. The van der Waals surface area contributed by atoms with Crippen molar-refractivity contribution in [3.63, 3.8) is 0 Å². The van der Waals surface area contributed by atoms with Crippen LogP contribution in [0.25, 0.3) is 0 Å². The SMILES string of the molecule is O=C(O)C(CCCc1ccccc1)C(=O)Cl. The van der Waals surface area contributed by atoms with E-state index >= 15 is 0 Å². The molecule has 0 spiro atoms. The molecule has 1 unspecified atom stereocenters. The second kappa shape index (κ2) is 6.28. The van der Waals surface area contributed by atoms with Gasteiger partial charge in [0.1, 0.15) is 5.92 Å². The van der Waals surface area contributed by atoms with E-state index in [-0.39, 0.29) is 6.42 Å². The monoisotopic (exact) mass is 240 g/mol. The molecule has 0 heterocycles. The van der Waals surface area contributed by atoms with Gasteiger partial charge in [0.15, 0.2) is 0 Å². The topological polar surface area (TPSA) is 54.4 Å². The smallest absolute Gasteiger partial charge is 0.315 e. The quantitative estimate of drug-likeness (QED) is 0.614. The minimum absolute atomic E-state index is 0.284. The van der Waals surface area contributed by atoms with Gasteiger partial charge in [0.2, 0.25) is 5.24 Å². The number of carbonyl (C=O) groups excluding carboxylic acids is 1. The van der Waals surface area contributed by atoms with Crippen molar-refractivity contribution in [2.24, 2.45) is 5.92 Å². The highest BCUT2D eigenvalue weighted by Crippen LogP contribution is 2.13. The molecule has 0 saturated heterocycles. The van der Waals surface area contributed by atoms with Gasteiger partial charge in [0.05, 0.1) is 0 Å². The van der Waals surface area contributed by atoms with Crippen molar-refractivity contribution in [2.45, 2.75) is 19.3 Å². The summed E-state index contributed by atoms with van der Waals surface area (Å²) in [6, 6.07) is 9.72. The van der Waals surface area contributed by atoms with Gasteiger partial charge < -0.3 is 5.11 Å². The van der Waals surface area contributed by atoms with Crippen LogP contribution in [0.3, 0.4) is 0 Å². The van der Waals surface area contributed by atoms with Crippen molar-refractivity contribution in [3.05, 3.63) is 35.9 Å². The molecule has 3 nitrogen and oxygen atoms in total. The normalized spacial score (nSPS) is 12.1. The third-order valence-electron chi connectivity index (χ3n) is 2.37. The van der Waals surface area contributed by atoms with Crippen LogP contribution in [0, 0.1) is 5.92 Å². The molecular formula is C12H13ClO3. The van der Waals surface area contributed by atoms with E-state index in [1.54, 1.807) is 0 Å². The van der Waals surface area contributed by atoms with E-state index in [9.17, 15) is 9.59 Å². The Kier molecular flexibility index (Phi) is 4.99. The van der Waals surface area contributed by atoms with E-state index < -0.39 is 17.1 Å². The van der Waals surface area contributed by atoms with Crippen LogP contribution in [0.4, 0.5) is 0 Å². The first-order chi connectivity index (χ1) is 7.61. The van der Waals surface area contributed by atoms with Crippen molar-refractivity contribution in [1.29, 1.82) is 0 Å². The van der Waals surface area contributed by atoms with Gasteiger partial charge >= 0.3 is 5.97 Å². The molecule has 1 rings (SSSR count). The van der Waals surface area contributed by atoms with E-state index in [1.807, 2.05) is 30.3 Å². The van der Waals surface area contributed by atoms with E-state index in [0.717, 1.165) is 12.0 Å². The second-order valence-corrected chi connectivity index (χ2v) is 3.95. The molecule has 0 aliphatic carbocycles. The van der Waals surface area contributed by atoms with Gasteiger partial charge in [-0.15, -0.1) is 0 Å². The van der Waals surface area contributed by atoms with Gasteiger partial charge in [-0.1, -0.05) is 30.3 Å². The Bertz CT molecular complexity index is 348. The molecular weight excluding hydrogens is 228 g/mol. The van der Waals surface area contributed by atoms with Crippen LogP contribution in [-0.2, 0) is 16.0 Å². The fourth-order valence-electron chi connectivity index (χ4n) is 1.49. The summed E-state index contributed by atoms with van der Waals surface area (Å²) < 4.78 is 0. The first kappa shape index (κ1) is 12.7. The number of halogens is 1. The number of hydrogen-bond acceptors (Lipinski definition) is 2. The molecule has 0 bridgehead atoms. The van der Waals surface area contributed by atoms with Gasteiger partial charge in [-0.05, 0) is 36.4 Å². The largest absolute Gasteiger partial charge is 0.481 e. The number of carboxylic acid groups (broad SMARTS) is 1. The summed E-state index contributed by atoms with van der Waals surface area (Å²) in [6.07, 6.45) is 1.68. The van der Waals surface area contributed by atoms with E-state index in [0.29, 0.717) is 6.42 Å². The van der Waals surface area contributed by atoms with Crippen LogP contribution in [-0.4, -0.2) is 16.3 Å². The molecule has 0 aromatic heterocycles. The van der Waals surface area contributed by atoms with Crippen LogP contribution in [0.1, 0.15) is 18.4 Å². The maximum atomic E-state index is 10.8. The Morgan fingerprint density at radius 3 is 2.38 bits per heavy atom. The number of hydrogen-bond donors (Lipinski definition) is 1. The molecule has 0 aliphatic rings. The Balaban J connectivity index is 2.40. The van der Waals surface area contributed by atoms with Crippen LogP contribution in [0.15, 0.2) is 30.3 Å². The predicted octanol–water partition coefficient (Wildman–Crippen LogP) is 2.48. The highest BCUT2D eigenvalue weighted by atomic mass is 35.5. The summed E-state index contributed by atoms with van der Waals surface area (Å²) in [5.74, 6) is -2.22. The number of aliphatic carboxylic acids is 1. The third-order valence-corrected chi connectivity index (χ3v) is 2.64. The summed E-state index contributed by atoms with van der Waals surface area (Å²) in [6.45, 7) is 0. The Morgan fingerprint density at radius 2 is 1.88 bits per heavy atom. The minimum Gasteiger partial charge on any atom is -0.481 e. The summed E-state index contributed by atoms with van der Waals surface area (Å²) in [5.41, 5.74) is 1.13. The molecule has 1 atom stereocenters. The average Bonchev–Trinajstić information content (AvgIpc) is 2.24. The van der Waals surface area contributed by atoms with Gasteiger partial charge in [-0.25, -0.2) is 0 Å². The zero-order valence-corrected chi connectivity index (χ0v) is 9.48. The lowest BCUT2D eigenvalue weighted by molar-refractivity contribution is -0.144. The van der Waals surface area contributed by atoms with Crippen molar-refractivity contribution in [2.75, 3.05) is 0 Å². The maximum absolute atomic E-state index is 10.8. The predicted molar refractivity (Wildman–Crippen MR) is 61.4 cm³/mol. The van der Waals surface area contributed by atoms with E-state index in [4.69, 9.17) is 16.7 Å². The van der Waals surface area contributed by atoms with Crippen LogP contribution in [0.5, 0.6) is 0 Å². The lowest BCUT2D eigenvalue weighted by Gasteiger charge is -2.06. The molecule has 1 aromatic carbocycles. The molecule has 4 heteroatoms. The Morgan fingerprint density at radius 1 is 1.25 bits per heavy atom. The Labute approximate surface area is 99.0 Å². The molecule has 86 valence electrons. The molecule has 0 aliphatic heterocycles. The van der Waals surface area contributed by atoms with E-state index in [2.05, 4.69) is 0 Å². The minimum atomic E-state index is -1.15. The van der Waals surface area contributed by atoms with Crippen molar-refractivity contribution in [1.82, 2.24) is 0 Å². The van der Waals surface area contributed by atoms with Crippen LogP contribution < -0.4 is 0 Å². The summed E-state index contributed by atoms with van der Waals surface area (Å²) in [5, 5.41) is 7.94. The highest BCUT2D eigenvalue weighted by Gasteiger charge is 2.23. The number of carboxylic acids is 1. The van der Waals surface area contributed by atoms with Crippen molar-refractivity contribution < 1.29 is 14.7 Å². The standard InChI is InChI=1S/C12H13ClO3/c13-11(14)10(12(15)16)8-4-7-9-5-2-1-3-6-9/h1-3,5-6,10H,4,7-8H2,(H,15,16).